The van der Waals surface area contributed by atoms with Gasteiger partial charge in [-0.25, -0.2) is 0 Å². The lowest BCUT2D eigenvalue weighted by Crippen LogP contribution is -2.11. The Bertz CT molecular complexity index is 3620. The van der Waals surface area contributed by atoms with E-state index in [0.29, 0.717) is 0 Å². The second-order valence-electron chi connectivity index (χ2n) is 16.0. The Hall–Kier alpha value is -8.40. The molecule has 12 rings (SSSR count). The van der Waals surface area contributed by atoms with Gasteiger partial charge in [-0.15, -0.1) is 0 Å². The fraction of sp³-hybridized carbons (Fsp3) is 0. The lowest BCUT2D eigenvalue weighted by molar-refractivity contribution is 0.670. The Morgan fingerprint density at radius 1 is 0.317 bits per heavy atom. The molecule has 2 aromatic heterocycles. The fourth-order valence-corrected chi connectivity index (χ4v) is 9.58. The molecule has 0 unspecified atom stereocenters. The minimum absolute atomic E-state index is 0.898. The van der Waals surface area contributed by atoms with Crippen LogP contribution in [0.15, 0.2) is 247 Å². The maximum atomic E-state index is 6.50. The topological polar surface area (TPSA) is 21.3 Å². The number of hydrogen-bond acceptors (Lipinski definition) is 2. The van der Waals surface area contributed by atoms with Gasteiger partial charge in [-0.3, -0.25) is 0 Å². The lowest BCUT2D eigenvalue weighted by Gasteiger charge is -2.29. The molecule has 0 amide bonds. The van der Waals surface area contributed by atoms with Gasteiger partial charge >= 0.3 is 0 Å². The molecule has 0 bridgehead atoms. The van der Waals surface area contributed by atoms with Crippen LogP contribution in [0.25, 0.3) is 93.9 Å². The highest BCUT2D eigenvalue weighted by Crippen LogP contribution is 2.47. The van der Waals surface area contributed by atoms with E-state index < -0.39 is 0 Å². The Balaban J connectivity index is 1.06. The van der Waals surface area contributed by atoms with Crippen molar-refractivity contribution in [1.29, 1.82) is 0 Å². The van der Waals surface area contributed by atoms with Crippen LogP contribution in [-0.2, 0) is 0 Å². The second kappa shape index (κ2) is 15.3. The molecular formula is C60H40N2O. The minimum Gasteiger partial charge on any atom is -0.455 e. The van der Waals surface area contributed by atoms with Crippen LogP contribution in [0.4, 0.5) is 17.1 Å². The van der Waals surface area contributed by atoms with Gasteiger partial charge in [0.1, 0.15) is 11.2 Å². The molecule has 0 saturated carbocycles. The number of hydrogen-bond donors (Lipinski definition) is 0. The molecule has 0 aliphatic rings. The average Bonchev–Trinajstić information content (AvgIpc) is 3.91. The number of para-hydroxylation sites is 5. The molecule has 0 spiro atoms. The number of fused-ring (bicyclic) bond motifs is 6. The summed E-state index contributed by atoms with van der Waals surface area (Å²) in [6.07, 6.45) is 0. The smallest absolute Gasteiger partial charge is 0.143 e. The van der Waals surface area contributed by atoms with E-state index in [4.69, 9.17) is 4.42 Å². The second-order valence-corrected chi connectivity index (χ2v) is 16.0. The first kappa shape index (κ1) is 36.5. The van der Waals surface area contributed by atoms with E-state index in [1.54, 1.807) is 0 Å². The highest BCUT2D eigenvalue weighted by Gasteiger charge is 2.22. The standard InChI is InChI=1S/C60H40N2O/c1-3-18-41(19-4-1)46-22-7-8-23-48(46)49-24-9-10-25-50(49)51-26-11-14-31-56(51)61(44-36-34-42(35-37-44)47-29-17-30-54-53-28-13-16-33-59(53)63-60(47)54)45-38-39-58-55(40-45)52-27-12-15-32-57(52)62(58)43-20-5-2-6-21-43/h1-40H. The van der Waals surface area contributed by atoms with Crippen molar-refractivity contribution in [2.45, 2.75) is 0 Å². The first-order chi connectivity index (χ1) is 31.3. The minimum atomic E-state index is 0.898. The number of aromatic nitrogens is 1. The van der Waals surface area contributed by atoms with Gasteiger partial charge in [-0.1, -0.05) is 182 Å². The quantitative estimate of drug-likeness (QED) is 0.153. The van der Waals surface area contributed by atoms with Crippen LogP contribution in [0, 0.1) is 0 Å². The first-order valence-corrected chi connectivity index (χ1v) is 21.5. The number of benzene rings is 10. The molecule has 63 heavy (non-hydrogen) atoms. The Kier molecular flexibility index (Phi) is 8.83. The van der Waals surface area contributed by atoms with Crippen molar-refractivity contribution >= 4 is 60.8 Å². The Morgan fingerprint density at radius 3 is 1.62 bits per heavy atom. The Labute approximate surface area is 366 Å². The summed E-state index contributed by atoms with van der Waals surface area (Å²) in [4.78, 5) is 2.43. The molecule has 0 aliphatic heterocycles. The summed E-state index contributed by atoms with van der Waals surface area (Å²) in [6.45, 7) is 0. The van der Waals surface area contributed by atoms with E-state index in [-0.39, 0.29) is 0 Å². The molecule has 0 aliphatic carbocycles. The van der Waals surface area contributed by atoms with Gasteiger partial charge in [0, 0.05) is 49.7 Å². The molecule has 0 radical (unpaired) electrons. The van der Waals surface area contributed by atoms with E-state index in [9.17, 15) is 0 Å². The zero-order valence-corrected chi connectivity index (χ0v) is 34.4. The van der Waals surface area contributed by atoms with E-state index >= 15 is 0 Å². The molecule has 10 aromatic carbocycles. The van der Waals surface area contributed by atoms with Crippen molar-refractivity contribution in [3.8, 4) is 50.2 Å². The largest absolute Gasteiger partial charge is 0.455 e. The van der Waals surface area contributed by atoms with Crippen LogP contribution in [0.3, 0.4) is 0 Å². The molecule has 0 saturated heterocycles. The van der Waals surface area contributed by atoms with Gasteiger partial charge in [-0.05, 0) is 94.0 Å². The number of rotatable bonds is 8. The third-order valence-electron chi connectivity index (χ3n) is 12.4. The molecule has 12 aromatic rings. The van der Waals surface area contributed by atoms with Crippen LogP contribution < -0.4 is 4.90 Å². The fourth-order valence-electron chi connectivity index (χ4n) is 9.58. The van der Waals surface area contributed by atoms with Gasteiger partial charge in [0.2, 0.25) is 0 Å². The summed E-state index contributed by atoms with van der Waals surface area (Å²) in [7, 11) is 0. The molecular weight excluding hydrogens is 765 g/mol. The van der Waals surface area contributed by atoms with Crippen LogP contribution in [0.1, 0.15) is 0 Å². The number of nitrogens with zero attached hydrogens (tertiary/aromatic N) is 2. The number of furan rings is 1. The third-order valence-corrected chi connectivity index (χ3v) is 12.4. The molecule has 3 nitrogen and oxygen atoms in total. The summed E-state index contributed by atoms with van der Waals surface area (Å²) < 4.78 is 8.88. The summed E-state index contributed by atoms with van der Waals surface area (Å²) in [5, 5.41) is 4.66. The van der Waals surface area contributed by atoms with E-state index in [1.165, 1.54) is 38.5 Å². The van der Waals surface area contributed by atoms with Crippen molar-refractivity contribution in [2.75, 3.05) is 4.90 Å². The van der Waals surface area contributed by atoms with E-state index in [1.807, 2.05) is 12.1 Å². The molecule has 0 N–H and O–H groups in total. The first-order valence-electron chi connectivity index (χ1n) is 21.5. The highest BCUT2D eigenvalue weighted by molar-refractivity contribution is 6.12. The maximum Gasteiger partial charge on any atom is 0.143 e. The van der Waals surface area contributed by atoms with Crippen molar-refractivity contribution in [3.63, 3.8) is 0 Å². The van der Waals surface area contributed by atoms with Gasteiger partial charge in [0.25, 0.3) is 0 Å². The SMILES string of the molecule is c1ccc(-c2ccccc2-c2ccccc2-c2ccccc2N(c2ccc(-c3cccc4c3oc3ccccc34)cc2)c2ccc3c(c2)c2ccccc2n3-c2ccccc2)cc1. The molecule has 3 heteroatoms. The summed E-state index contributed by atoms with van der Waals surface area (Å²) in [5.41, 5.74) is 17.7. The van der Waals surface area contributed by atoms with Crippen molar-refractivity contribution in [2.24, 2.45) is 0 Å². The number of anilines is 3. The van der Waals surface area contributed by atoms with Gasteiger partial charge in [0.15, 0.2) is 0 Å². The lowest BCUT2D eigenvalue weighted by atomic mass is 9.88. The summed E-state index contributed by atoms with van der Waals surface area (Å²) in [5.74, 6) is 0. The molecule has 0 fully saturated rings. The predicted molar refractivity (Wildman–Crippen MR) is 264 cm³/mol. The van der Waals surface area contributed by atoms with Crippen LogP contribution >= 0.6 is 0 Å². The molecule has 2 heterocycles. The van der Waals surface area contributed by atoms with Gasteiger partial charge in [0.05, 0.1) is 16.7 Å². The van der Waals surface area contributed by atoms with Gasteiger partial charge in [-0.2, -0.15) is 0 Å². The van der Waals surface area contributed by atoms with Crippen molar-refractivity contribution < 1.29 is 4.42 Å². The molecule has 296 valence electrons. The van der Waals surface area contributed by atoms with Crippen LogP contribution in [0.5, 0.6) is 0 Å². The molecule has 0 atom stereocenters. The van der Waals surface area contributed by atoms with Crippen molar-refractivity contribution in [1.82, 2.24) is 4.57 Å². The third kappa shape index (κ3) is 6.21. The maximum absolute atomic E-state index is 6.50. The van der Waals surface area contributed by atoms with E-state index in [2.05, 4.69) is 240 Å². The highest BCUT2D eigenvalue weighted by atomic mass is 16.3. The Morgan fingerprint density at radius 2 is 0.841 bits per heavy atom. The zero-order chi connectivity index (χ0) is 41.7. The van der Waals surface area contributed by atoms with Gasteiger partial charge < -0.3 is 13.9 Å². The summed E-state index contributed by atoms with van der Waals surface area (Å²) >= 11 is 0. The zero-order valence-electron chi connectivity index (χ0n) is 34.4. The predicted octanol–water partition coefficient (Wildman–Crippen LogP) is 16.8. The van der Waals surface area contributed by atoms with Crippen molar-refractivity contribution in [3.05, 3.63) is 243 Å². The summed E-state index contributed by atoms with van der Waals surface area (Å²) in [6, 6.07) is 87.1. The van der Waals surface area contributed by atoms with Crippen LogP contribution in [-0.4, -0.2) is 4.57 Å². The van der Waals surface area contributed by atoms with E-state index in [0.717, 1.165) is 72.5 Å². The monoisotopic (exact) mass is 804 g/mol. The average molecular weight is 805 g/mol. The normalized spacial score (nSPS) is 11.5. The van der Waals surface area contributed by atoms with Crippen LogP contribution in [0.2, 0.25) is 0 Å².